The summed E-state index contributed by atoms with van der Waals surface area (Å²) in [5.41, 5.74) is 3.48. The Kier molecular flexibility index (Phi) is 9.82. The summed E-state index contributed by atoms with van der Waals surface area (Å²) in [6, 6.07) is 28.1. The Morgan fingerprint density at radius 1 is 0.949 bits per heavy atom. The quantitative estimate of drug-likeness (QED) is 0.127. The first-order valence-corrected chi connectivity index (χ1v) is 14.5. The van der Waals surface area contributed by atoms with E-state index in [0.29, 0.717) is 6.54 Å². The van der Waals surface area contributed by atoms with Crippen LogP contribution < -0.4 is 5.32 Å². The van der Waals surface area contributed by atoms with Gasteiger partial charge in [-0.2, -0.15) is 0 Å². The first-order valence-electron chi connectivity index (χ1n) is 13.5. The molecule has 39 heavy (non-hydrogen) atoms. The number of ether oxygens (including phenoxy) is 1. The van der Waals surface area contributed by atoms with Gasteiger partial charge in [0.25, 0.3) is 0 Å². The molecule has 204 valence electrons. The highest BCUT2D eigenvalue weighted by molar-refractivity contribution is 7.99. The third kappa shape index (κ3) is 8.45. The van der Waals surface area contributed by atoms with Gasteiger partial charge in [0.2, 0.25) is 5.91 Å². The zero-order valence-corrected chi connectivity index (χ0v) is 23.7. The molecule has 0 radical (unpaired) electrons. The maximum atomic E-state index is 13.2. The van der Waals surface area contributed by atoms with Crippen molar-refractivity contribution in [3.63, 3.8) is 0 Å². The first-order chi connectivity index (χ1) is 18.8. The molecule has 3 aromatic carbocycles. The van der Waals surface area contributed by atoms with Gasteiger partial charge >= 0.3 is 5.97 Å². The number of carbonyl (C=O) groups excluding carboxylic acids is 2. The van der Waals surface area contributed by atoms with E-state index in [-0.39, 0.29) is 24.3 Å². The van der Waals surface area contributed by atoms with Gasteiger partial charge in [-0.05, 0) is 63.3 Å². The number of benzene rings is 3. The van der Waals surface area contributed by atoms with E-state index in [2.05, 4.69) is 17.4 Å². The second kappa shape index (κ2) is 13.5. The Morgan fingerprint density at radius 3 is 2.33 bits per heavy atom. The topological polar surface area (TPSA) is 73.2 Å². The molecule has 0 bridgehead atoms. The smallest absolute Gasteiger partial charge is 0.326 e. The van der Waals surface area contributed by atoms with Crippen molar-refractivity contribution in [2.45, 2.75) is 63.3 Å². The Hall–Kier alpha value is -3.58. The number of aromatic nitrogens is 2. The molecule has 1 amide bonds. The van der Waals surface area contributed by atoms with Crippen molar-refractivity contribution in [3.8, 4) is 0 Å². The Labute approximate surface area is 235 Å². The van der Waals surface area contributed by atoms with Crippen LogP contribution in [-0.4, -0.2) is 39.3 Å². The number of thioether (sulfide) groups is 1. The Bertz CT molecular complexity index is 1360. The fraction of sp³-hybridized carbons (Fsp3) is 0.344. The van der Waals surface area contributed by atoms with Gasteiger partial charge in [-0.1, -0.05) is 84.6 Å². The fourth-order valence-corrected chi connectivity index (χ4v) is 5.43. The minimum Gasteiger partial charge on any atom is -0.459 e. The molecule has 6 nitrogen and oxygen atoms in total. The van der Waals surface area contributed by atoms with Crippen molar-refractivity contribution in [2.24, 2.45) is 0 Å². The first kappa shape index (κ1) is 28.4. The van der Waals surface area contributed by atoms with Crippen LogP contribution in [0.1, 0.15) is 50.7 Å². The summed E-state index contributed by atoms with van der Waals surface area (Å²) in [6.07, 6.45) is 2.38. The molecular weight excluding hydrogens is 506 g/mol. The van der Waals surface area contributed by atoms with E-state index >= 15 is 0 Å². The number of amides is 1. The van der Waals surface area contributed by atoms with E-state index < -0.39 is 5.60 Å². The molecule has 0 saturated heterocycles. The van der Waals surface area contributed by atoms with Crippen LogP contribution in [-0.2, 0) is 27.3 Å². The van der Waals surface area contributed by atoms with Crippen LogP contribution in [0.4, 0.5) is 0 Å². The number of rotatable bonds is 12. The predicted octanol–water partition coefficient (Wildman–Crippen LogP) is 6.39. The summed E-state index contributed by atoms with van der Waals surface area (Å²) in [5.74, 6) is 0.330. The third-order valence-corrected chi connectivity index (χ3v) is 7.32. The highest BCUT2D eigenvalue weighted by atomic mass is 32.2. The number of fused-ring (bicyclic) bond motifs is 1. The molecule has 1 N–H and O–H groups in total. The molecule has 7 heteroatoms. The Morgan fingerprint density at radius 2 is 1.62 bits per heavy atom. The molecular formula is C32H37N3O3S. The lowest BCUT2D eigenvalue weighted by atomic mass is 9.91. The number of hydrogen-bond acceptors (Lipinski definition) is 5. The monoisotopic (exact) mass is 543 g/mol. The summed E-state index contributed by atoms with van der Waals surface area (Å²) in [5, 5.41) is 3.93. The summed E-state index contributed by atoms with van der Waals surface area (Å²) in [4.78, 5) is 30.5. The molecule has 1 unspecified atom stereocenters. The molecule has 4 aromatic rings. The zero-order valence-electron chi connectivity index (χ0n) is 22.9. The number of nitrogens with one attached hydrogen (secondary N) is 1. The van der Waals surface area contributed by atoms with Crippen LogP contribution in [0.25, 0.3) is 11.0 Å². The molecule has 1 heterocycles. The summed E-state index contributed by atoms with van der Waals surface area (Å²) in [6.45, 7) is 6.28. The minimum atomic E-state index is -0.544. The highest BCUT2D eigenvalue weighted by Crippen LogP contribution is 2.26. The summed E-state index contributed by atoms with van der Waals surface area (Å²) in [7, 11) is 0. The number of aryl methyl sites for hydroxylation is 1. The van der Waals surface area contributed by atoms with Gasteiger partial charge in [-0.15, -0.1) is 0 Å². The molecule has 1 atom stereocenters. The van der Waals surface area contributed by atoms with Crippen LogP contribution in [0.5, 0.6) is 0 Å². The second-order valence-electron chi connectivity index (χ2n) is 10.5. The zero-order chi connectivity index (χ0) is 27.7. The van der Waals surface area contributed by atoms with Crippen LogP contribution in [0.15, 0.2) is 90.1 Å². The predicted molar refractivity (Wildman–Crippen MR) is 158 cm³/mol. The molecule has 0 aliphatic rings. The van der Waals surface area contributed by atoms with Gasteiger partial charge in [-0.25, -0.2) is 4.98 Å². The SMILES string of the molecule is CC(C)(C)OC(=O)Cn1c(SCCCNC(=O)C(CCc2ccccc2)c2ccccc2)nc2ccccc21. The van der Waals surface area contributed by atoms with Crippen molar-refractivity contribution in [1.29, 1.82) is 0 Å². The standard InChI is InChI=1S/C32H37N3O3S/c1-32(2,3)38-29(36)23-35-28-18-11-10-17-27(28)34-31(35)39-22-12-21-33-30(37)26(25-15-8-5-9-16-25)20-19-24-13-6-4-7-14-24/h4-11,13-18,26H,12,19-23H2,1-3H3,(H,33,37). The largest absolute Gasteiger partial charge is 0.459 e. The average molecular weight is 544 g/mol. The summed E-state index contributed by atoms with van der Waals surface area (Å²) >= 11 is 1.59. The van der Waals surface area contributed by atoms with Gasteiger partial charge < -0.3 is 14.6 Å². The lowest BCUT2D eigenvalue weighted by molar-refractivity contribution is -0.155. The summed E-state index contributed by atoms with van der Waals surface area (Å²) < 4.78 is 7.47. The van der Waals surface area contributed by atoms with Crippen molar-refractivity contribution in [1.82, 2.24) is 14.9 Å². The number of esters is 1. The van der Waals surface area contributed by atoms with E-state index in [4.69, 9.17) is 9.72 Å². The van der Waals surface area contributed by atoms with Crippen LogP contribution in [0.2, 0.25) is 0 Å². The minimum absolute atomic E-state index is 0.0549. The maximum absolute atomic E-state index is 13.2. The van der Waals surface area contributed by atoms with Crippen LogP contribution >= 0.6 is 11.8 Å². The number of nitrogens with zero attached hydrogens (tertiary/aromatic N) is 2. The van der Waals surface area contributed by atoms with Crippen LogP contribution in [0.3, 0.4) is 0 Å². The van der Waals surface area contributed by atoms with Gasteiger partial charge in [0.1, 0.15) is 12.1 Å². The average Bonchev–Trinajstić information content (AvgIpc) is 3.25. The maximum Gasteiger partial charge on any atom is 0.326 e. The van der Waals surface area contributed by atoms with Crippen molar-refractivity contribution in [2.75, 3.05) is 12.3 Å². The number of carbonyl (C=O) groups is 2. The molecule has 0 aliphatic heterocycles. The molecule has 0 spiro atoms. The molecule has 0 aliphatic carbocycles. The lowest BCUT2D eigenvalue weighted by Gasteiger charge is -2.20. The molecule has 4 rings (SSSR count). The number of para-hydroxylation sites is 2. The third-order valence-electron chi connectivity index (χ3n) is 6.26. The number of hydrogen-bond donors (Lipinski definition) is 1. The van der Waals surface area contributed by atoms with E-state index in [1.807, 2.05) is 98.1 Å². The molecule has 1 aromatic heterocycles. The van der Waals surface area contributed by atoms with E-state index in [1.165, 1.54) is 5.56 Å². The highest BCUT2D eigenvalue weighted by Gasteiger charge is 2.21. The van der Waals surface area contributed by atoms with Crippen LogP contribution in [0, 0.1) is 0 Å². The van der Waals surface area contributed by atoms with Gasteiger partial charge in [0, 0.05) is 12.3 Å². The van der Waals surface area contributed by atoms with E-state index in [9.17, 15) is 9.59 Å². The van der Waals surface area contributed by atoms with Crippen molar-refractivity contribution >= 4 is 34.7 Å². The Balaban J connectivity index is 1.33. The van der Waals surface area contributed by atoms with Gasteiger partial charge in [0.15, 0.2) is 5.16 Å². The van der Waals surface area contributed by atoms with E-state index in [0.717, 1.165) is 46.8 Å². The molecule has 0 fully saturated rings. The second-order valence-corrected chi connectivity index (χ2v) is 11.6. The van der Waals surface area contributed by atoms with Gasteiger partial charge in [0.05, 0.1) is 17.0 Å². The lowest BCUT2D eigenvalue weighted by Crippen LogP contribution is -2.30. The normalized spacial score (nSPS) is 12.3. The molecule has 0 saturated carbocycles. The van der Waals surface area contributed by atoms with Crippen molar-refractivity contribution < 1.29 is 14.3 Å². The number of imidazole rings is 1. The van der Waals surface area contributed by atoms with E-state index in [1.54, 1.807) is 11.8 Å². The van der Waals surface area contributed by atoms with Gasteiger partial charge in [-0.3, -0.25) is 9.59 Å². The fourth-order valence-electron chi connectivity index (χ4n) is 4.48. The van der Waals surface area contributed by atoms with Crippen molar-refractivity contribution in [3.05, 3.63) is 96.1 Å².